The van der Waals surface area contributed by atoms with Crippen molar-refractivity contribution in [1.29, 1.82) is 0 Å². The van der Waals surface area contributed by atoms with Crippen LogP contribution < -0.4 is 10.6 Å². The number of carbonyl (C=O) groups excluding carboxylic acids is 1. The van der Waals surface area contributed by atoms with Crippen LogP contribution >= 0.6 is 11.3 Å². The van der Waals surface area contributed by atoms with Crippen LogP contribution in [0.2, 0.25) is 0 Å². The summed E-state index contributed by atoms with van der Waals surface area (Å²) in [5.74, 6) is 0.260. The van der Waals surface area contributed by atoms with Gasteiger partial charge in [-0.1, -0.05) is 6.07 Å². The minimum Gasteiger partial charge on any atom is -0.318 e. The van der Waals surface area contributed by atoms with E-state index in [4.69, 9.17) is 4.98 Å². The maximum absolute atomic E-state index is 12.9. The Morgan fingerprint density at radius 3 is 2.97 bits per heavy atom. The number of H-pyrrole nitrogens is 2. The molecule has 4 aromatic heterocycles. The monoisotopic (exact) mass is 473 g/mol. The fraction of sp³-hybridized carbons (Fsp3) is 0.261. The summed E-state index contributed by atoms with van der Waals surface area (Å²) in [6, 6.07) is 5.79. The molecule has 0 saturated carbocycles. The van der Waals surface area contributed by atoms with Crippen molar-refractivity contribution in [1.82, 2.24) is 40.5 Å². The zero-order chi connectivity index (χ0) is 22.9. The number of thiazole rings is 1. The molecule has 0 radical (unpaired) electrons. The van der Waals surface area contributed by atoms with Crippen LogP contribution in [-0.4, -0.2) is 54.2 Å². The number of carbonyl (C=O) groups is 1. The quantitative estimate of drug-likeness (QED) is 0.299. The molecule has 0 atom stereocenters. The van der Waals surface area contributed by atoms with Crippen LogP contribution in [0.5, 0.6) is 0 Å². The molecule has 0 spiro atoms. The number of rotatable bonds is 6. The maximum Gasteiger partial charge on any atom is 0.276 e. The van der Waals surface area contributed by atoms with Gasteiger partial charge in [0, 0.05) is 34.6 Å². The average molecular weight is 474 g/mol. The van der Waals surface area contributed by atoms with E-state index < -0.39 is 0 Å². The van der Waals surface area contributed by atoms with Crippen LogP contribution in [0.3, 0.4) is 0 Å². The summed E-state index contributed by atoms with van der Waals surface area (Å²) in [6.07, 6.45) is 9.30. The Bertz CT molecular complexity index is 1430. The first-order valence-corrected chi connectivity index (χ1v) is 12.1. The third-order valence-electron chi connectivity index (χ3n) is 6.08. The van der Waals surface area contributed by atoms with Crippen LogP contribution in [0.1, 0.15) is 39.9 Å². The van der Waals surface area contributed by atoms with E-state index >= 15 is 0 Å². The van der Waals surface area contributed by atoms with Gasteiger partial charge in [0.15, 0.2) is 5.69 Å². The number of hydrogen-bond donors (Lipinski definition) is 4. The standard InChI is InChI=1S/C23H23N9OS/c33-22(21-19-2-1-15(7-20(19)30-31-21)16-8-25-26-9-16)28-17-10-27-32(11-17)12-18-13-34-23(29-18)14-3-5-24-6-4-14/h1-2,7-11,13-14,24H,3-6,12H2,(H,25,26)(H,28,33)(H,30,31). The van der Waals surface area contributed by atoms with E-state index in [2.05, 4.69) is 41.5 Å². The predicted octanol–water partition coefficient (Wildman–Crippen LogP) is 3.37. The van der Waals surface area contributed by atoms with Crippen LogP contribution in [0, 0.1) is 0 Å². The number of nitrogens with zero attached hydrogens (tertiary/aromatic N) is 5. The molecule has 4 N–H and O–H groups in total. The Balaban J connectivity index is 1.13. The van der Waals surface area contributed by atoms with Gasteiger partial charge in [0.05, 0.1) is 40.8 Å². The Hall–Kier alpha value is -3.83. The zero-order valence-electron chi connectivity index (χ0n) is 18.3. The summed E-state index contributed by atoms with van der Waals surface area (Å²) < 4.78 is 1.79. The summed E-state index contributed by atoms with van der Waals surface area (Å²) in [7, 11) is 0. The number of piperidine rings is 1. The highest BCUT2D eigenvalue weighted by Crippen LogP contribution is 2.28. The number of amides is 1. The predicted molar refractivity (Wildman–Crippen MR) is 130 cm³/mol. The molecule has 1 aromatic carbocycles. The second kappa shape index (κ2) is 8.84. The minimum atomic E-state index is -0.288. The molecule has 1 amide bonds. The summed E-state index contributed by atoms with van der Waals surface area (Å²) in [5, 5.41) is 28.7. The summed E-state index contributed by atoms with van der Waals surface area (Å²) in [4.78, 5) is 17.7. The van der Waals surface area contributed by atoms with Crippen molar-refractivity contribution in [3.63, 3.8) is 0 Å². The van der Waals surface area contributed by atoms with Gasteiger partial charge in [0.1, 0.15) is 0 Å². The lowest BCUT2D eigenvalue weighted by atomic mass is 9.99. The fourth-order valence-corrected chi connectivity index (χ4v) is 5.29. The minimum absolute atomic E-state index is 0.288. The van der Waals surface area contributed by atoms with Gasteiger partial charge in [0.25, 0.3) is 5.91 Å². The molecule has 0 bridgehead atoms. The third kappa shape index (κ3) is 4.11. The number of benzene rings is 1. The normalized spacial score (nSPS) is 14.6. The lowest BCUT2D eigenvalue weighted by Crippen LogP contribution is -2.26. The molecule has 172 valence electrons. The lowest BCUT2D eigenvalue weighted by molar-refractivity contribution is 0.102. The van der Waals surface area contributed by atoms with E-state index in [1.165, 1.54) is 5.01 Å². The van der Waals surface area contributed by atoms with E-state index in [-0.39, 0.29) is 5.91 Å². The van der Waals surface area contributed by atoms with Crippen LogP contribution in [0.25, 0.3) is 22.0 Å². The Morgan fingerprint density at radius 2 is 2.12 bits per heavy atom. The van der Waals surface area contributed by atoms with Crippen molar-refractivity contribution < 1.29 is 4.79 Å². The van der Waals surface area contributed by atoms with Crippen molar-refractivity contribution in [2.75, 3.05) is 18.4 Å². The molecule has 1 aliphatic rings. The highest BCUT2D eigenvalue weighted by Gasteiger charge is 2.19. The second-order valence-electron chi connectivity index (χ2n) is 8.40. The third-order valence-corrected chi connectivity index (χ3v) is 7.14. The molecule has 1 fully saturated rings. The van der Waals surface area contributed by atoms with Gasteiger partial charge in [-0.05, 0) is 43.6 Å². The second-order valence-corrected chi connectivity index (χ2v) is 9.29. The number of nitrogens with one attached hydrogen (secondary N) is 4. The lowest BCUT2D eigenvalue weighted by Gasteiger charge is -2.20. The van der Waals surface area contributed by atoms with Crippen molar-refractivity contribution in [2.24, 2.45) is 0 Å². The van der Waals surface area contributed by atoms with Crippen molar-refractivity contribution in [3.05, 3.63) is 64.8 Å². The van der Waals surface area contributed by atoms with E-state index in [1.54, 1.807) is 28.4 Å². The van der Waals surface area contributed by atoms with Gasteiger partial charge in [0.2, 0.25) is 0 Å². The molecule has 5 aromatic rings. The van der Waals surface area contributed by atoms with Crippen LogP contribution in [0.15, 0.2) is 48.4 Å². The first-order valence-electron chi connectivity index (χ1n) is 11.2. The van der Waals surface area contributed by atoms with E-state index in [9.17, 15) is 4.79 Å². The molecule has 11 heteroatoms. The zero-order valence-corrected chi connectivity index (χ0v) is 19.1. The molecule has 5 heterocycles. The van der Waals surface area contributed by atoms with Gasteiger partial charge in [-0.2, -0.15) is 15.3 Å². The number of aromatic amines is 2. The molecule has 0 aliphatic carbocycles. The summed E-state index contributed by atoms with van der Waals surface area (Å²) >= 11 is 1.73. The smallest absolute Gasteiger partial charge is 0.276 e. The molecule has 0 unspecified atom stereocenters. The largest absolute Gasteiger partial charge is 0.318 e. The summed E-state index contributed by atoms with van der Waals surface area (Å²) in [6.45, 7) is 2.68. The molecular formula is C23H23N9OS. The highest BCUT2D eigenvalue weighted by molar-refractivity contribution is 7.09. The number of hydrogen-bond acceptors (Lipinski definition) is 7. The number of anilines is 1. The average Bonchev–Trinajstić information content (AvgIpc) is 3.66. The number of fused-ring (bicyclic) bond motifs is 1. The van der Waals surface area contributed by atoms with E-state index in [0.29, 0.717) is 23.8 Å². The molecular weight excluding hydrogens is 450 g/mol. The van der Waals surface area contributed by atoms with Gasteiger partial charge >= 0.3 is 0 Å². The Labute approximate surface area is 198 Å². The molecule has 1 saturated heterocycles. The van der Waals surface area contributed by atoms with Crippen molar-refractivity contribution in [2.45, 2.75) is 25.3 Å². The Kier molecular flexibility index (Phi) is 5.40. The SMILES string of the molecule is O=C(Nc1cnn(Cc2csc(C3CCNCC3)n2)c1)c1n[nH]c2cc(-c3cn[nH]c3)ccc12. The number of aromatic nitrogens is 7. The first kappa shape index (κ1) is 20.8. The van der Waals surface area contributed by atoms with E-state index in [0.717, 1.165) is 53.7 Å². The summed E-state index contributed by atoms with van der Waals surface area (Å²) in [5.41, 5.74) is 4.69. The van der Waals surface area contributed by atoms with Gasteiger partial charge in [-0.15, -0.1) is 11.3 Å². The van der Waals surface area contributed by atoms with E-state index in [1.807, 2.05) is 30.6 Å². The molecule has 10 nitrogen and oxygen atoms in total. The van der Waals surface area contributed by atoms with Gasteiger partial charge in [-0.25, -0.2) is 4.98 Å². The first-order chi connectivity index (χ1) is 16.7. The molecule has 6 rings (SSSR count). The van der Waals surface area contributed by atoms with Crippen molar-refractivity contribution >= 4 is 33.8 Å². The fourth-order valence-electron chi connectivity index (χ4n) is 4.30. The molecule has 1 aliphatic heterocycles. The van der Waals surface area contributed by atoms with Gasteiger partial charge in [-0.3, -0.25) is 19.7 Å². The maximum atomic E-state index is 12.9. The van der Waals surface area contributed by atoms with Crippen LogP contribution in [0.4, 0.5) is 5.69 Å². The van der Waals surface area contributed by atoms with Gasteiger partial charge < -0.3 is 10.6 Å². The molecule has 34 heavy (non-hydrogen) atoms. The van der Waals surface area contributed by atoms with Crippen molar-refractivity contribution in [3.8, 4) is 11.1 Å². The Morgan fingerprint density at radius 1 is 1.21 bits per heavy atom. The topological polar surface area (TPSA) is 129 Å². The van der Waals surface area contributed by atoms with Crippen LogP contribution in [-0.2, 0) is 6.54 Å². The highest BCUT2D eigenvalue weighted by atomic mass is 32.1.